The van der Waals surface area contributed by atoms with Crippen LogP contribution in [-0.2, 0) is 14.2 Å². The van der Waals surface area contributed by atoms with Gasteiger partial charge in [0.2, 0.25) is 0 Å². The summed E-state index contributed by atoms with van der Waals surface area (Å²) in [6.07, 6.45) is -0.359. The third-order valence-corrected chi connectivity index (χ3v) is 2.52. The van der Waals surface area contributed by atoms with Crippen molar-refractivity contribution in [3.63, 3.8) is 0 Å². The molecule has 0 aromatic carbocycles. The number of amides is 1. The second-order valence-corrected chi connectivity index (χ2v) is 5.72. The number of nitrogens with zero attached hydrogens (tertiary/aromatic N) is 1. The van der Waals surface area contributed by atoms with Crippen LogP contribution in [0.15, 0.2) is 0 Å². The van der Waals surface area contributed by atoms with E-state index < -0.39 is 11.3 Å². The highest BCUT2D eigenvalue weighted by Crippen LogP contribution is 2.29. The van der Waals surface area contributed by atoms with E-state index in [1.54, 1.807) is 12.0 Å². The molecule has 0 saturated carbocycles. The highest BCUT2D eigenvalue weighted by Gasteiger charge is 2.45. The highest BCUT2D eigenvalue weighted by atomic mass is 16.6. The van der Waals surface area contributed by atoms with Crippen molar-refractivity contribution >= 4 is 6.09 Å². The van der Waals surface area contributed by atoms with Gasteiger partial charge in [-0.2, -0.15) is 0 Å². The molecule has 0 aromatic rings. The van der Waals surface area contributed by atoms with E-state index in [0.29, 0.717) is 13.2 Å². The van der Waals surface area contributed by atoms with Crippen LogP contribution in [0, 0.1) is 0 Å². The Morgan fingerprint density at radius 2 is 2.06 bits per heavy atom. The summed E-state index contributed by atoms with van der Waals surface area (Å²) in [6, 6.07) is -0.0927. The third kappa shape index (κ3) is 3.57. The second-order valence-electron chi connectivity index (χ2n) is 5.72. The molecule has 1 heterocycles. The SMILES string of the molecule is COCC1COC(C)(C)N1C(=O)OC(C)(C)C. The van der Waals surface area contributed by atoms with Gasteiger partial charge in [-0.25, -0.2) is 4.79 Å². The average molecular weight is 245 g/mol. The fourth-order valence-corrected chi connectivity index (χ4v) is 1.88. The predicted octanol–water partition coefficient (Wildman–Crippen LogP) is 2.00. The molecule has 1 fully saturated rings. The molecule has 0 aromatic heterocycles. The number of carbonyl (C=O) groups excluding carboxylic acids is 1. The van der Waals surface area contributed by atoms with Crippen molar-refractivity contribution in [3.8, 4) is 0 Å². The molecule has 1 aliphatic heterocycles. The van der Waals surface area contributed by atoms with Gasteiger partial charge in [0.25, 0.3) is 0 Å². The normalized spacial score (nSPS) is 23.9. The van der Waals surface area contributed by atoms with Crippen LogP contribution in [0.2, 0.25) is 0 Å². The fraction of sp³-hybridized carbons (Fsp3) is 0.917. The summed E-state index contributed by atoms with van der Waals surface area (Å²) in [5.41, 5.74) is -1.15. The van der Waals surface area contributed by atoms with Crippen molar-refractivity contribution in [2.75, 3.05) is 20.3 Å². The van der Waals surface area contributed by atoms with E-state index in [2.05, 4.69) is 0 Å². The van der Waals surface area contributed by atoms with Crippen LogP contribution in [0.1, 0.15) is 34.6 Å². The van der Waals surface area contributed by atoms with Crippen LogP contribution >= 0.6 is 0 Å². The van der Waals surface area contributed by atoms with Crippen LogP contribution in [-0.4, -0.2) is 48.7 Å². The molecule has 1 unspecified atom stereocenters. The Labute approximate surface area is 103 Å². The van der Waals surface area contributed by atoms with Crippen LogP contribution in [0.4, 0.5) is 4.79 Å². The van der Waals surface area contributed by atoms with Crippen molar-refractivity contribution < 1.29 is 19.0 Å². The maximum atomic E-state index is 12.1. The monoisotopic (exact) mass is 245 g/mol. The van der Waals surface area contributed by atoms with Gasteiger partial charge >= 0.3 is 6.09 Å². The first-order valence-electron chi connectivity index (χ1n) is 5.82. The largest absolute Gasteiger partial charge is 0.444 e. The van der Waals surface area contributed by atoms with E-state index in [1.165, 1.54) is 0 Å². The van der Waals surface area contributed by atoms with Crippen molar-refractivity contribution in [1.29, 1.82) is 0 Å². The molecule has 5 heteroatoms. The first-order valence-corrected chi connectivity index (χ1v) is 5.82. The molecule has 1 rings (SSSR count). The van der Waals surface area contributed by atoms with Gasteiger partial charge in [-0.05, 0) is 34.6 Å². The molecule has 0 bridgehead atoms. The van der Waals surface area contributed by atoms with E-state index in [9.17, 15) is 4.79 Å². The van der Waals surface area contributed by atoms with Gasteiger partial charge in [0.05, 0.1) is 19.3 Å². The molecule has 1 atom stereocenters. The van der Waals surface area contributed by atoms with Gasteiger partial charge in [0, 0.05) is 7.11 Å². The van der Waals surface area contributed by atoms with E-state index in [-0.39, 0.29) is 12.1 Å². The average Bonchev–Trinajstić information content (AvgIpc) is 2.39. The van der Waals surface area contributed by atoms with Crippen molar-refractivity contribution in [3.05, 3.63) is 0 Å². The van der Waals surface area contributed by atoms with Gasteiger partial charge < -0.3 is 14.2 Å². The molecule has 0 N–H and O–H groups in total. The Bertz CT molecular complexity index is 283. The summed E-state index contributed by atoms with van der Waals surface area (Å²) in [5.74, 6) is 0. The Morgan fingerprint density at radius 1 is 1.47 bits per heavy atom. The smallest absolute Gasteiger partial charge is 0.412 e. The molecule has 0 spiro atoms. The topological polar surface area (TPSA) is 48.0 Å². The first-order chi connectivity index (χ1) is 7.67. The van der Waals surface area contributed by atoms with Gasteiger partial charge in [0.1, 0.15) is 11.3 Å². The van der Waals surface area contributed by atoms with E-state index in [1.807, 2.05) is 34.6 Å². The number of rotatable bonds is 2. The molecule has 17 heavy (non-hydrogen) atoms. The minimum Gasteiger partial charge on any atom is -0.444 e. The lowest BCUT2D eigenvalue weighted by atomic mass is 10.2. The van der Waals surface area contributed by atoms with Gasteiger partial charge in [-0.3, -0.25) is 4.90 Å². The number of hydrogen-bond acceptors (Lipinski definition) is 4. The standard InChI is InChI=1S/C12H23NO4/c1-11(2,3)17-10(14)13-9(7-15-6)8-16-12(13,4)5/h9H,7-8H2,1-6H3. The Morgan fingerprint density at radius 3 is 2.53 bits per heavy atom. The van der Waals surface area contributed by atoms with Crippen LogP contribution in [0.3, 0.4) is 0 Å². The van der Waals surface area contributed by atoms with Crippen molar-refractivity contribution in [2.45, 2.75) is 52.0 Å². The summed E-state index contributed by atoms with van der Waals surface area (Å²) in [6.45, 7) is 10.2. The van der Waals surface area contributed by atoms with Gasteiger partial charge in [-0.15, -0.1) is 0 Å². The van der Waals surface area contributed by atoms with Crippen molar-refractivity contribution in [1.82, 2.24) is 4.90 Å². The Balaban J connectivity index is 2.79. The molecule has 5 nitrogen and oxygen atoms in total. The summed E-state index contributed by atoms with van der Waals surface area (Å²) >= 11 is 0. The molecule has 0 aliphatic carbocycles. The maximum absolute atomic E-state index is 12.1. The number of carbonyl (C=O) groups is 1. The Kier molecular flexibility index (Phi) is 4.04. The summed E-state index contributed by atoms with van der Waals surface area (Å²) in [4.78, 5) is 13.7. The minimum atomic E-state index is -0.647. The number of hydrogen-bond donors (Lipinski definition) is 0. The molecule has 100 valence electrons. The van der Waals surface area contributed by atoms with Crippen LogP contribution < -0.4 is 0 Å². The van der Waals surface area contributed by atoms with Gasteiger partial charge in [-0.1, -0.05) is 0 Å². The lowest BCUT2D eigenvalue weighted by Crippen LogP contribution is -2.51. The Hall–Kier alpha value is -0.810. The molecule has 0 radical (unpaired) electrons. The van der Waals surface area contributed by atoms with E-state index >= 15 is 0 Å². The van der Waals surface area contributed by atoms with Crippen LogP contribution in [0.25, 0.3) is 0 Å². The van der Waals surface area contributed by atoms with E-state index in [4.69, 9.17) is 14.2 Å². The lowest BCUT2D eigenvalue weighted by Gasteiger charge is -2.34. The first kappa shape index (κ1) is 14.3. The molecular weight excluding hydrogens is 222 g/mol. The third-order valence-electron chi connectivity index (χ3n) is 2.52. The summed E-state index contributed by atoms with van der Waals surface area (Å²) in [5, 5.41) is 0. The molecule has 1 saturated heterocycles. The summed E-state index contributed by atoms with van der Waals surface area (Å²) in [7, 11) is 1.61. The van der Waals surface area contributed by atoms with Gasteiger partial charge in [0.15, 0.2) is 0 Å². The molecular formula is C12H23NO4. The fourth-order valence-electron chi connectivity index (χ4n) is 1.88. The lowest BCUT2D eigenvalue weighted by molar-refractivity contribution is -0.0647. The quantitative estimate of drug-likeness (QED) is 0.746. The van der Waals surface area contributed by atoms with Crippen LogP contribution in [0.5, 0.6) is 0 Å². The summed E-state index contributed by atoms with van der Waals surface area (Å²) < 4.78 is 16.1. The van der Waals surface area contributed by atoms with E-state index in [0.717, 1.165) is 0 Å². The highest BCUT2D eigenvalue weighted by molar-refractivity contribution is 5.69. The zero-order valence-electron chi connectivity index (χ0n) is 11.6. The predicted molar refractivity (Wildman–Crippen MR) is 63.8 cm³/mol. The zero-order chi connectivity index (χ0) is 13.3. The zero-order valence-corrected chi connectivity index (χ0v) is 11.6. The number of methoxy groups -OCH3 is 1. The maximum Gasteiger partial charge on any atom is 0.412 e. The second kappa shape index (κ2) is 4.82. The minimum absolute atomic E-state index is 0.0927. The molecule has 1 amide bonds. The van der Waals surface area contributed by atoms with Crippen molar-refractivity contribution in [2.24, 2.45) is 0 Å². The number of ether oxygens (including phenoxy) is 3. The molecule has 1 aliphatic rings.